The minimum absolute atomic E-state index is 0.183. The largest absolute Gasteiger partial charge is 0.352 e. The summed E-state index contributed by atoms with van der Waals surface area (Å²) in [5.41, 5.74) is 0.366. The van der Waals surface area contributed by atoms with E-state index in [2.05, 4.69) is 10.6 Å². The van der Waals surface area contributed by atoms with Crippen LogP contribution >= 0.6 is 0 Å². The summed E-state index contributed by atoms with van der Waals surface area (Å²) < 4.78 is 0. The molecule has 2 N–H and O–H groups in total. The van der Waals surface area contributed by atoms with Crippen molar-refractivity contribution in [2.75, 3.05) is 13.1 Å². The Labute approximate surface area is 144 Å². The molecule has 2 aliphatic rings. The quantitative estimate of drug-likeness (QED) is 0.781. The van der Waals surface area contributed by atoms with E-state index in [-0.39, 0.29) is 11.1 Å². The molecule has 0 spiro atoms. The second kappa shape index (κ2) is 7.33. The highest BCUT2D eigenvalue weighted by atomic mass is 16.7. The molecule has 1 saturated carbocycles. The normalized spacial score (nSPS) is 16.7. The average molecular weight is 345 g/mol. The van der Waals surface area contributed by atoms with Crippen LogP contribution in [0.5, 0.6) is 0 Å². The SMILES string of the molecule is O=C(NCC(=O)ON1C(=O)c2ccccc2C1=O)NCC1CCCC1. The number of fused-ring (bicyclic) bond motifs is 1. The molecule has 8 nitrogen and oxygen atoms in total. The third-order valence-electron chi connectivity index (χ3n) is 4.37. The van der Waals surface area contributed by atoms with Crippen molar-refractivity contribution in [2.45, 2.75) is 25.7 Å². The standard InChI is InChI=1S/C17H19N3O5/c21-14(10-19-17(24)18-9-11-5-1-2-6-11)25-20-15(22)12-7-3-4-8-13(12)16(20)23/h3-4,7-8,11H,1-2,5-6,9-10H2,(H2,18,19,24). The number of imide groups is 1. The maximum absolute atomic E-state index is 12.1. The van der Waals surface area contributed by atoms with Crippen LogP contribution < -0.4 is 10.6 Å². The molecule has 1 aliphatic carbocycles. The van der Waals surface area contributed by atoms with Gasteiger partial charge in [-0.05, 0) is 30.9 Å². The summed E-state index contributed by atoms with van der Waals surface area (Å²) in [5.74, 6) is -1.80. The van der Waals surface area contributed by atoms with Gasteiger partial charge in [0.25, 0.3) is 11.8 Å². The van der Waals surface area contributed by atoms with Crippen molar-refractivity contribution in [3.8, 4) is 0 Å². The van der Waals surface area contributed by atoms with Gasteiger partial charge in [0.05, 0.1) is 11.1 Å². The number of hydroxylamine groups is 2. The topological polar surface area (TPSA) is 105 Å². The van der Waals surface area contributed by atoms with Crippen molar-refractivity contribution in [1.82, 2.24) is 15.7 Å². The van der Waals surface area contributed by atoms with E-state index >= 15 is 0 Å². The van der Waals surface area contributed by atoms with E-state index in [1.807, 2.05) is 0 Å². The number of urea groups is 1. The van der Waals surface area contributed by atoms with Gasteiger partial charge in [-0.3, -0.25) is 9.59 Å². The lowest BCUT2D eigenvalue weighted by atomic mass is 10.1. The number of amides is 4. The molecule has 0 radical (unpaired) electrons. The smallest absolute Gasteiger partial charge is 0.338 e. The Morgan fingerprint density at radius 3 is 2.24 bits per heavy atom. The summed E-state index contributed by atoms with van der Waals surface area (Å²) in [7, 11) is 0. The summed E-state index contributed by atoms with van der Waals surface area (Å²) in [6, 6.07) is 5.72. The second-order valence-corrected chi connectivity index (χ2v) is 6.13. The lowest BCUT2D eigenvalue weighted by molar-refractivity contribution is -0.167. The van der Waals surface area contributed by atoms with E-state index in [1.165, 1.54) is 25.0 Å². The number of hydrogen-bond donors (Lipinski definition) is 2. The lowest BCUT2D eigenvalue weighted by Gasteiger charge is -2.14. The van der Waals surface area contributed by atoms with Crippen molar-refractivity contribution in [2.24, 2.45) is 5.92 Å². The van der Waals surface area contributed by atoms with Gasteiger partial charge in [-0.2, -0.15) is 0 Å². The number of carbonyl (C=O) groups excluding carboxylic acids is 4. The van der Waals surface area contributed by atoms with Crippen molar-refractivity contribution in [3.05, 3.63) is 35.4 Å². The number of hydrogen-bond acceptors (Lipinski definition) is 5. The fraction of sp³-hybridized carbons (Fsp3) is 0.412. The predicted octanol–water partition coefficient (Wildman–Crippen LogP) is 1.23. The zero-order valence-electron chi connectivity index (χ0n) is 13.6. The van der Waals surface area contributed by atoms with E-state index in [9.17, 15) is 19.2 Å². The van der Waals surface area contributed by atoms with Crippen LogP contribution in [0.15, 0.2) is 24.3 Å². The molecule has 0 aromatic heterocycles. The molecular formula is C17H19N3O5. The Hall–Kier alpha value is -2.90. The van der Waals surface area contributed by atoms with Gasteiger partial charge in [-0.1, -0.05) is 30.0 Å². The monoisotopic (exact) mass is 345 g/mol. The fourth-order valence-corrected chi connectivity index (χ4v) is 3.05. The summed E-state index contributed by atoms with van der Waals surface area (Å²) >= 11 is 0. The van der Waals surface area contributed by atoms with Gasteiger partial charge in [0.15, 0.2) is 0 Å². The molecule has 1 aromatic rings. The molecular weight excluding hydrogens is 326 g/mol. The first-order valence-electron chi connectivity index (χ1n) is 8.26. The van der Waals surface area contributed by atoms with Crippen molar-refractivity contribution in [3.63, 3.8) is 0 Å². The maximum atomic E-state index is 12.1. The molecule has 0 unspecified atom stereocenters. The summed E-state index contributed by atoms with van der Waals surface area (Å²) in [6.07, 6.45) is 4.56. The number of rotatable bonds is 5. The Bertz CT molecular complexity index is 677. The maximum Gasteiger partial charge on any atom is 0.352 e. The van der Waals surface area contributed by atoms with Crippen LogP contribution in [-0.4, -0.2) is 42.0 Å². The van der Waals surface area contributed by atoms with E-state index in [0.717, 1.165) is 12.8 Å². The highest BCUT2D eigenvalue weighted by Crippen LogP contribution is 2.24. The first-order valence-corrected chi connectivity index (χ1v) is 8.26. The van der Waals surface area contributed by atoms with Gasteiger partial charge >= 0.3 is 12.0 Å². The molecule has 3 rings (SSSR count). The van der Waals surface area contributed by atoms with Crippen LogP contribution in [-0.2, 0) is 9.63 Å². The first-order chi connectivity index (χ1) is 12.1. The van der Waals surface area contributed by atoms with Crippen molar-refractivity contribution < 1.29 is 24.0 Å². The third kappa shape index (κ3) is 3.78. The molecule has 0 atom stereocenters. The molecule has 4 amide bonds. The van der Waals surface area contributed by atoms with Crippen molar-refractivity contribution in [1.29, 1.82) is 0 Å². The molecule has 132 valence electrons. The Balaban J connectivity index is 1.44. The molecule has 1 heterocycles. The van der Waals surface area contributed by atoms with Crippen LogP contribution in [0.2, 0.25) is 0 Å². The molecule has 1 aliphatic heterocycles. The lowest BCUT2D eigenvalue weighted by Crippen LogP contribution is -2.42. The van der Waals surface area contributed by atoms with Crippen LogP contribution in [0.1, 0.15) is 46.4 Å². The molecule has 25 heavy (non-hydrogen) atoms. The zero-order valence-corrected chi connectivity index (χ0v) is 13.6. The van der Waals surface area contributed by atoms with E-state index in [4.69, 9.17) is 4.84 Å². The van der Waals surface area contributed by atoms with Gasteiger partial charge in [0.2, 0.25) is 0 Å². The summed E-state index contributed by atoms with van der Waals surface area (Å²) in [4.78, 5) is 52.4. The minimum Gasteiger partial charge on any atom is -0.338 e. The molecule has 1 aromatic carbocycles. The van der Waals surface area contributed by atoms with Crippen molar-refractivity contribution >= 4 is 23.8 Å². The molecule has 1 fully saturated rings. The molecule has 0 bridgehead atoms. The van der Waals surface area contributed by atoms with E-state index in [1.54, 1.807) is 12.1 Å². The van der Waals surface area contributed by atoms with E-state index < -0.39 is 30.4 Å². The first kappa shape index (κ1) is 16.9. The van der Waals surface area contributed by atoms with Crippen LogP contribution in [0.3, 0.4) is 0 Å². The predicted molar refractivity (Wildman–Crippen MR) is 86.4 cm³/mol. The third-order valence-corrected chi connectivity index (χ3v) is 4.37. The Morgan fingerprint density at radius 2 is 1.64 bits per heavy atom. The highest BCUT2D eigenvalue weighted by Gasteiger charge is 2.38. The van der Waals surface area contributed by atoms with Crippen LogP contribution in [0.4, 0.5) is 4.79 Å². The fourth-order valence-electron chi connectivity index (χ4n) is 3.05. The number of carbonyl (C=O) groups is 4. The Kier molecular flexibility index (Phi) is 4.97. The average Bonchev–Trinajstić information content (AvgIpc) is 3.22. The highest BCUT2D eigenvalue weighted by molar-refractivity contribution is 6.20. The van der Waals surface area contributed by atoms with Crippen LogP contribution in [0, 0.1) is 5.92 Å². The number of nitrogens with zero attached hydrogens (tertiary/aromatic N) is 1. The van der Waals surface area contributed by atoms with Gasteiger partial charge in [0.1, 0.15) is 6.54 Å². The van der Waals surface area contributed by atoms with Gasteiger partial charge in [-0.25, -0.2) is 9.59 Å². The molecule has 0 saturated heterocycles. The second-order valence-electron chi connectivity index (χ2n) is 6.13. The van der Waals surface area contributed by atoms with Gasteiger partial charge in [0, 0.05) is 6.54 Å². The summed E-state index contributed by atoms with van der Waals surface area (Å²) in [6.45, 7) is 0.128. The van der Waals surface area contributed by atoms with Crippen LogP contribution in [0.25, 0.3) is 0 Å². The van der Waals surface area contributed by atoms with Gasteiger partial charge in [-0.15, -0.1) is 0 Å². The Morgan fingerprint density at radius 1 is 1.04 bits per heavy atom. The van der Waals surface area contributed by atoms with Gasteiger partial charge < -0.3 is 15.5 Å². The summed E-state index contributed by atoms with van der Waals surface area (Å²) in [5, 5.41) is 5.48. The zero-order chi connectivity index (χ0) is 17.8. The van der Waals surface area contributed by atoms with E-state index in [0.29, 0.717) is 17.5 Å². The minimum atomic E-state index is -0.898. The number of nitrogens with one attached hydrogen (secondary N) is 2. The number of benzene rings is 1. The molecule has 8 heteroatoms.